The molecule has 0 fully saturated rings. The molecule has 0 aliphatic heterocycles. The first-order chi connectivity index (χ1) is 8.08. The number of anilines is 1. The summed E-state index contributed by atoms with van der Waals surface area (Å²) >= 11 is 0. The van der Waals surface area contributed by atoms with Crippen molar-refractivity contribution in [2.24, 2.45) is 0 Å². The van der Waals surface area contributed by atoms with Gasteiger partial charge < -0.3 is 5.73 Å². The van der Waals surface area contributed by atoms with E-state index in [0.717, 1.165) is 0 Å². The predicted octanol–water partition coefficient (Wildman–Crippen LogP) is 2.38. The summed E-state index contributed by atoms with van der Waals surface area (Å²) in [6, 6.07) is 8.46. The molecule has 0 amide bonds. The van der Waals surface area contributed by atoms with Crippen LogP contribution in [-0.2, 0) is 0 Å². The standard InChI is InChI=1S/C11H8FN3O2/c12-8-3-1-2-7(6-8)9-4-5-10(15(16)17)11(13)14-9/h1-6H,(H2,13,14). The number of halogens is 1. The van der Waals surface area contributed by atoms with Gasteiger partial charge in [-0.15, -0.1) is 0 Å². The van der Waals surface area contributed by atoms with Crippen molar-refractivity contribution in [2.45, 2.75) is 0 Å². The third-order valence-corrected chi connectivity index (χ3v) is 2.22. The third kappa shape index (κ3) is 2.20. The Morgan fingerprint density at radius 3 is 2.65 bits per heavy atom. The maximum Gasteiger partial charge on any atom is 0.311 e. The average Bonchev–Trinajstić information content (AvgIpc) is 2.28. The van der Waals surface area contributed by atoms with E-state index in [4.69, 9.17) is 5.73 Å². The van der Waals surface area contributed by atoms with Crippen molar-refractivity contribution in [3.8, 4) is 11.3 Å². The minimum Gasteiger partial charge on any atom is -0.378 e. The van der Waals surface area contributed by atoms with Crippen molar-refractivity contribution in [2.75, 3.05) is 5.73 Å². The van der Waals surface area contributed by atoms with Crippen LogP contribution in [0.15, 0.2) is 36.4 Å². The molecule has 17 heavy (non-hydrogen) atoms. The molecule has 86 valence electrons. The molecule has 1 aromatic carbocycles. The lowest BCUT2D eigenvalue weighted by Gasteiger charge is -2.02. The van der Waals surface area contributed by atoms with Crippen LogP contribution in [0.3, 0.4) is 0 Å². The lowest BCUT2D eigenvalue weighted by molar-refractivity contribution is -0.384. The van der Waals surface area contributed by atoms with Crippen LogP contribution in [-0.4, -0.2) is 9.91 Å². The number of rotatable bonds is 2. The summed E-state index contributed by atoms with van der Waals surface area (Å²) in [5.74, 6) is -0.585. The predicted molar refractivity (Wildman–Crippen MR) is 60.7 cm³/mol. The molecule has 6 heteroatoms. The zero-order chi connectivity index (χ0) is 12.4. The summed E-state index contributed by atoms with van der Waals surface area (Å²) < 4.78 is 13.0. The summed E-state index contributed by atoms with van der Waals surface area (Å²) in [5.41, 5.74) is 6.11. The Balaban J connectivity index is 2.48. The lowest BCUT2D eigenvalue weighted by atomic mass is 10.1. The molecular weight excluding hydrogens is 225 g/mol. The summed E-state index contributed by atoms with van der Waals surface area (Å²) in [7, 11) is 0. The van der Waals surface area contributed by atoms with Crippen LogP contribution < -0.4 is 5.73 Å². The van der Waals surface area contributed by atoms with Crippen molar-refractivity contribution >= 4 is 11.5 Å². The van der Waals surface area contributed by atoms with Crippen LogP contribution in [0.1, 0.15) is 0 Å². The van der Waals surface area contributed by atoms with E-state index in [-0.39, 0.29) is 11.5 Å². The van der Waals surface area contributed by atoms with E-state index in [0.29, 0.717) is 11.3 Å². The van der Waals surface area contributed by atoms with E-state index < -0.39 is 10.7 Å². The van der Waals surface area contributed by atoms with Gasteiger partial charge in [0.25, 0.3) is 0 Å². The highest BCUT2D eigenvalue weighted by Crippen LogP contribution is 2.24. The first-order valence-electron chi connectivity index (χ1n) is 4.75. The Labute approximate surface area is 95.9 Å². The molecule has 0 aliphatic rings. The molecule has 1 aromatic heterocycles. The first kappa shape index (κ1) is 11.0. The maximum atomic E-state index is 13.0. The number of nitrogen functional groups attached to an aromatic ring is 1. The number of benzene rings is 1. The zero-order valence-corrected chi connectivity index (χ0v) is 8.63. The highest BCUT2D eigenvalue weighted by molar-refractivity contribution is 5.65. The quantitative estimate of drug-likeness (QED) is 0.637. The molecule has 5 nitrogen and oxygen atoms in total. The van der Waals surface area contributed by atoms with Gasteiger partial charge in [-0.3, -0.25) is 10.1 Å². The fraction of sp³-hybridized carbons (Fsp3) is 0. The fourth-order valence-electron chi connectivity index (χ4n) is 1.43. The molecule has 0 unspecified atom stereocenters. The normalized spacial score (nSPS) is 10.2. The Kier molecular flexibility index (Phi) is 2.70. The smallest absolute Gasteiger partial charge is 0.311 e. The largest absolute Gasteiger partial charge is 0.378 e. The SMILES string of the molecule is Nc1nc(-c2cccc(F)c2)ccc1[N+](=O)[O-]. The van der Waals surface area contributed by atoms with Gasteiger partial charge in [0.2, 0.25) is 5.82 Å². The Morgan fingerprint density at radius 2 is 2.06 bits per heavy atom. The number of nitro groups is 1. The minimum absolute atomic E-state index is 0.184. The summed E-state index contributed by atoms with van der Waals surface area (Å²) in [6.45, 7) is 0. The van der Waals surface area contributed by atoms with E-state index >= 15 is 0 Å². The highest BCUT2D eigenvalue weighted by Gasteiger charge is 2.13. The molecule has 0 aliphatic carbocycles. The van der Waals surface area contributed by atoms with E-state index in [2.05, 4.69) is 4.98 Å². The van der Waals surface area contributed by atoms with Gasteiger partial charge in [0.05, 0.1) is 10.6 Å². The molecule has 0 saturated heterocycles. The number of nitrogens with two attached hydrogens (primary N) is 1. The fourth-order valence-corrected chi connectivity index (χ4v) is 1.43. The van der Waals surface area contributed by atoms with Crippen molar-refractivity contribution in [3.63, 3.8) is 0 Å². The maximum absolute atomic E-state index is 13.0. The lowest BCUT2D eigenvalue weighted by Crippen LogP contribution is -1.99. The van der Waals surface area contributed by atoms with E-state index in [1.807, 2.05) is 0 Å². The van der Waals surface area contributed by atoms with E-state index in [1.54, 1.807) is 6.07 Å². The van der Waals surface area contributed by atoms with Gasteiger partial charge in [-0.2, -0.15) is 0 Å². The average molecular weight is 233 g/mol. The number of nitrogens with zero attached hydrogens (tertiary/aromatic N) is 2. The molecule has 0 radical (unpaired) electrons. The summed E-state index contributed by atoms with van der Waals surface area (Å²) in [6.07, 6.45) is 0. The first-order valence-corrected chi connectivity index (χ1v) is 4.75. The third-order valence-electron chi connectivity index (χ3n) is 2.22. The molecule has 0 spiro atoms. The highest BCUT2D eigenvalue weighted by atomic mass is 19.1. The van der Waals surface area contributed by atoms with Crippen molar-refractivity contribution in [1.29, 1.82) is 0 Å². The minimum atomic E-state index is -0.613. The second kappa shape index (κ2) is 4.17. The Hall–Kier alpha value is -2.50. The van der Waals surface area contributed by atoms with Gasteiger partial charge in [-0.05, 0) is 18.2 Å². The molecule has 2 aromatic rings. The molecule has 2 rings (SSSR count). The Bertz CT molecular complexity index is 587. The van der Waals surface area contributed by atoms with E-state index in [9.17, 15) is 14.5 Å². The summed E-state index contributed by atoms with van der Waals surface area (Å²) in [4.78, 5) is 13.8. The van der Waals surface area contributed by atoms with Crippen LogP contribution in [0.4, 0.5) is 15.9 Å². The second-order valence-corrected chi connectivity index (χ2v) is 3.37. The van der Waals surface area contributed by atoms with Gasteiger partial charge in [0.15, 0.2) is 0 Å². The number of hydrogen-bond acceptors (Lipinski definition) is 4. The van der Waals surface area contributed by atoms with Gasteiger partial charge in [-0.25, -0.2) is 9.37 Å². The molecule has 2 N–H and O–H groups in total. The van der Waals surface area contributed by atoms with Crippen LogP contribution in [0.5, 0.6) is 0 Å². The number of hydrogen-bond donors (Lipinski definition) is 1. The van der Waals surface area contributed by atoms with Crippen LogP contribution in [0.2, 0.25) is 0 Å². The molecule has 0 atom stereocenters. The summed E-state index contributed by atoms with van der Waals surface area (Å²) in [5, 5.41) is 10.5. The molecule has 0 bridgehead atoms. The van der Waals surface area contributed by atoms with E-state index in [1.165, 1.54) is 30.3 Å². The van der Waals surface area contributed by atoms with Crippen LogP contribution in [0.25, 0.3) is 11.3 Å². The van der Waals surface area contributed by atoms with Crippen LogP contribution >= 0.6 is 0 Å². The van der Waals surface area contributed by atoms with Gasteiger partial charge in [-0.1, -0.05) is 12.1 Å². The molecule has 0 saturated carbocycles. The molecular formula is C11H8FN3O2. The van der Waals surface area contributed by atoms with Crippen molar-refractivity contribution in [1.82, 2.24) is 4.98 Å². The van der Waals surface area contributed by atoms with Crippen LogP contribution in [0, 0.1) is 15.9 Å². The second-order valence-electron chi connectivity index (χ2n) is 3.37. The topological polar surface area (TPSA) is 82.0 Å². The van der Waals surface area contributed by atoms with Gasteiger partial charge in [0, 0.05) is 11.6 Å². The number of aromatic nitrogens is 1. The monoisotopic (exact) mass is 233 g/mol. The zero-order valence-electron chi connectivity index (χ0n) is 8.63. The van der Waals surface area contributed by atoms with Gasteiger partial charge in [0.1, 0.15) is 5.82 Å². The number of pyridine rings is 1. The molecule has 1 heterocycles. The van der Waals surface area contributed by atoms with Crippen molar-refractivity contribution in [3.05, 3.63) is 52.3 Å². The van der Waals surface area contributed by atoms with Gasteiger partial charge >= 0.3 is 5.69 Å². The van der Waals surface area contributed by atoms with Crippen molar-refractivity contribution < 1.29 is 9.31 Å². The Morgan fingerprint density at radius 1 is 1.29 bits per heavy atom.